The fourth-order valence-electron chi connectivity index (χ4n) is 3.77. The molecule has 3 rings (SSSR count). The summed E-state index contributed by atoms with van der Waals surface area (Å²) in [7, 11) is -0.967. The lowest BCUT2D eigenvalue weighted by Crippen LogP contribution is -2.53. The van der Waals surface area contributed by atoms with E-state index in [0.29, 0.717) is 30.6 Å². The largest absolute Gasteiger partial charge is 0.336 e. The zero-order valence-electron chi connectivity index (χ0n) is 14.7. The highest BCUT2D eigenvalue weighted by Gasteiger charge is 2.32. The molecule has 0 aromatic carbocycles. The number of hydrogen-bond acceptors (Lipinski definition) is 5. The van der Waals surface area contributed by atoms with Gasteiger partial charge in [-0.05, 0) is 26.7 Å². The van der Waals surface area contributed by atoms with Gasteiger partial charge in [0.1, 0.15) is 9.84 Å². The maximum atomic E-state index is 12.8. The summed E-state index contributed by atoms with van der Waals surface area (Å²) in [5.74, 6) is 0.652. The monoisotopic (exact) mass is 354 g/mol. The molecule has 0 N–H and O–H groups in total. The van der Waals surface area contributed by atoms with Gasteiger partial charge in [-0.25, -0.2) is 8.42 Å². The van der Waals surface area contributed by atoms with Gasteiger partial charge in [0, 0.05) is 45.0 Å². The second-order valence-corrected chi connectivity index (χ2v) is 9.18. The lowest BCUT2D eigenvalue weighted by atomic mass is 10.1. The Kier molecular flexibility index (Phi) is 4.70. The number of piperazine rings is 1. The molecule has 2 aliphatic rings. The van der Waals surface area contributed by atoms with Crippen LogP contribution in [0.4, 0.5) is 0 Å². The van der Waals surface area contributed by atoms with E-state index in [4.69, 9.17) is 0 Å². The van der Waals surface area contributed by atoms with Crippen LogP contribution in [0.2, 0.25) is 0 Å². The lowest BCUT2D eigenvalue weighted by molar-refractivity contribution is 0.0556. The molecule has 0 atom stereocenters. The summed E-state index contributed by atoms with van der Waals surface area (Å²) < 4.78 is 24.9. The smallest absolute Gasteiger partial charge is 0.257 e. The van der Waals surface area contributed by atoms with Crippen molar-refractivity contribution in [2.75, 3.05) is 37.7 Å². The summed E-state index contributed by atoms with van der Waals surface area (Å²) in [5, 5.41) is 4.33. The summed E-state index contributed by atoms with van der Waals surface area (Å²) in [4.78, 5) is 17.0. The second-order valence-electron chi connectivity index (χ2n) is 6.88. The molecule has 0 radical (unpaired) electrons. The molecule has 0 saturated carbocycles. The van der Waals surface area contributed by atoms with Gasteiger partial charge in [0.2, 0.25) is 0 Å². The number of carbonyl (C=O) groups excluding carboxylic acids is 1. The Morgan fingerprint density at radius 1 is 1.08 bits per heavy atom. The SMILES string of the molecule is Cc1nn(C)c(C)c1C(=O)N1CCN(C2CCS(=O)(=O)CC2)CC1. The summed E-state index contributed by atoms with van der Waals surface area (Å²) >= 11 is 0. The molecule has 0 unspecified atom stereocenters. The van der Waals surface area contributed by atoms with Gasteiger partial charge in [-0.3, -0.25) is 14.4 Å². The Hall–Kier alpha value is -1.41. The fraction of sp³-hybridized carbons (Fsp3) is 0.750. The average Bonchev–Trinajstić information content (AvgIpc) is 2.80. The number of sulfone groups is 1. The first-order valence-corrected chi connectivity index (χ1v) is 10.3. The predicted molar refractivity (Wildman–Crippen MR) is 91.8 cm³/mol. The molecule has 2 saturated heterocycles. The first-order chi connectivity index (χ1) is 11.3. The maximum absolute atomic E-state index is 12.8. The Morgan fingerprint density at radius 2 is 1.67 bits per heavy atom. The van der Waals surface area contributed by atoms with Crippen molar-refractivity contribution in [3.05, 3.63) is 17.0 Å². The van der Waals surface area contributed by atoms with Crippen molar-refractivity contribution in [2.45, 2.75) is 32.7 Å². The highest BCUT2D eigenvalue weighted by atomic mass is 32.2. The number of aromatic nitrogens is 2. The lowest BCUT2D eigenvalue weighted by Gasteiger charge is -2.40. The van der Waals surface area contributed by atoms with E-state index in [1.807, 2.05) is 25.8 Å². The number of rotatable bonds is 2. The molecule has 2 fully saturated rings. The van der Waals surface area contributed by atoms with Gasteiger partial charge in [0.15, 0.2) is 0 Å². The maximum Gasteiger partial charge on any atom is 0.257 e. The first kappa shape index (κ1) is 17.4. The molecule has 2 aliphatic heterocycles. The van der Waals surface area contributed by atoms with E-state index in [-0.39, 0.29) is 5.91 Å². The molecule has 24 heavy (non-hydrogen) atoms. The van der Waals surface area contributed by atoms with E-state index in [9.17, 15) is 13.2 Å². The predicted octanol–water partition coefficient (Wildman–Crippen LogP) is 0.372. The molecule has 8 heteroatoms. The normalized spacial score (nSPS) is 22.7. The van der Waals surface area contributed by atoms with Crippen molar-refractivity contribution in [1.29, 1.82) is 0 Å². The minimum atomic E-state index is -2.82. The number of nitrogens with zero attached hydrogens (tertiary/aromatic N) is 4. The number of hydrogen-bond donors (Lipinski definition) is 0. The van der Waals surface area contributed by atoms with Gasteiger partial charge >= 0.3 is 0 Å². The van der Waals surface area contributed by atoms with Crippen LogP contribution in [0.3, 0.4) is 0 Å². The highest BCUT2D eigenvalue weighted by Crippen LogP contribution is 2.21. The molecule has 134 valence electrons. The van der Waals surface area contributed by atoms with Crippen molar-refractivity contribution in [1.82, 2.24) is 19.6 Å². The highest BCUT2D eigenvalue weighted by molar-refractivity contribution is 7.91. The van der Waals surface area contributed by atoms with Crippen LogP contribution in [0.5, 0.6) is 0 Å². The van der Waals surface area contributed by atoms with Crippen LogP contribution in [-0.4, -0.2) is 77.6 Å². The van der Waals surface area contributed by atoms with Gasteiger partial charge < -0.3 is 4.90 Å². The van der Waals surface area contributed by atoms with Gasteiger partial charge in [-0.2, -0.15) is 5.10 Å². The molecule has 3 heterocycles. The summed E-state index contributed by atoms with van der Waals surface area (Å²) in [6.45, 7) is 6.81. The van der Waals surface area contributed by atoms with Crippen molar-refractivity contribution in [2.24, 2.45) is 7.05 Å². The standard InChI is InChI=1S/C16H26N4O3S/c1-12-15(13(2)18(3)17-12)16(21)20-8-6-19(7-9-20)14-4-10-24(22,23)11-5-14/h14H,4-11H2,1-3H3. The topological polar surface area (TPSA) is 75.5 Å². The number of carbonyl (C=O) groups is 1. The Balaban J connectivity index is 1.60. The van der Waals surface area contributed by atoms with Crippen LogP contribution in [0.15, 0.2) is 0 Å². The zero-order chi connectivity index (χ0) is 17.5. The fourth-order valence-corrected chi connectivity index (χ4v) is 5.24. The van der Waals surface area contributed by atoms with Gasteiger partial charge in [0.25, 0.3) is 5.91 Å². The quantitative estimate of drug-likeness (QED) is 0.767. The van der Waals surface area contributed by atoms with Crippen molar-refractivity contribution < 1.29 is 13.2 Å². The van der Waals surface area contributed by atoms with Crippen LogP contribution in [0, 0.1) is 13.8 Å². The summed E-state index contributed by atoms with van der Waals surface area (Å²) in [5.41, 5.74) is 2.40. The van der Waals surface area contributed by atoms with Gasteiger partial charge in [-0.1, -0.05) is 0 Å². The molecule has 0 spiro atoms. The Morgan fingerprint density at radius 3 is 2.17 bits per heavy atom. The molecule has 7 nitrogen and oxygen atoms in total. The molecule has 1 amide bonds. The molecule has 0 aliphatic carbocycles. The van der Waals surface area contributed by atoms with Crippen LogP contribution in [0.25, 0.3) is 0 Å². The van der Waals surface area contributed by atoms with Crippen molar-refractivity contribution >= 4 is 15.7 Å². The molecule has 0 bridgehead atoms. The Labute approximate surface area is 143 Å². The summed E-state index contributed by atoms with van der Waals surface area (Å²) in [6, 6.07) is 0.340. The number of amides is 1. The third kappa shape index (κ3) is 3.35. The van der Waals surface area contributed by atoms with E-state index in [2.05, 4.69) is 10.00 Å². The molecule has 1 aromatic rings. The average molecular weight is 354 g/mol. The second kappa shape index (κ2) is 6.48. The molecular formula is C16H26N4O3S. The minimum absolute atomic E-state index is 0.0592. The van der Waals surface area contributed by atoms with Crippen molar-refractivity contribution in [3.63, 3.8) is 0 Å². The first-order valence-electron chi connectivity index (χ1n) is 8.52. The van der Waals surface area contributed by atoms with Crippen LogP contribution >= 0.6 is 0 Å². The minimum Gasteiger partial charge on any atom is -0.336 e. The Bertz CT molecular complexity index is 719. The third-order valence-electron chi connectivity index (χ3n) is 5.36. The zero-order valence-corrected chi connectivity index (χ0v) is 15.5. The van der Waals surface area contributed by atoms with Crippen molar-refractivity contribution in [3.8, 4) is 0 Å². The van der Waals surface area contributed by atoms with E-state index >= 15 is 0 Å². The van der Waals surface area contributed by atoms with E-state index in [1.54, 1.807) is 4.68 Å². The van der Waals surface area contributed by atoms with E-state index < -0.39 is 9.84 Å². The number of aryl methyl sites for hydroxylation is 2. The third-order valence-corrected chi connectivity index (χ3v) is 7.08. The van der Waals surface area contributed by atoms with E-state index in [1.165, 1.54) is 0 Å². The van der Waals surface area contributed by atoms with Gasteiger partial charge in [-0.15, -0.1) is 0 Å². The molecule has 1 aromatic heterocycles. The van der Waals surface area contributed by atoms with Crippen LogP contribution in [0.1, 0.15) is 34.6 Å². The summed E-state index contributed by atoms with van der Waals surface area (Å²) in [6.07, 6.45) is 1.44. The van der Waals surface area contributed by atoms with E-state index in [0.717, 1.165) is 42.9 Å². The van der Waals surface area contributed by atoms with Gasteiger partial charge in [0.05, 0.1) is 22.8 Å². The van der Waals surface area contributed by atoms with Crippen LogP contribution in [-0.2, 0) is 16.9 Å². The molecular weight excluding hydrogens is 328 g/mol. The van der Waals surface area contributed by atoms with Crippen LogP contribution < -0.4 is 0 Å².